The molecule has 0 aromatic carbocycles. The summed E-state index contributed by atoms with van der Waals surface area (Å²) in [4.78, 5) is 0. The van der Waals surface area contributed by atoms with Gasteiger partial charge in [-0.1, -0.05) is 40.5 Å². The normalized spacial score (nSPS) is 42.8. The van der Waals surface area contributed by atoms with Gasteiger partial charge in [-0.2, -0.15) is 0 Å². The number of aliphatic hydroxyl groups is 1. The Kier molecular flexibility index (Phi) is 4.11. The van der Waals surface area contributed by atoms with Crippen molar-refractivity contribution in [3.8, 4) is 0 Å². The fourth-order valence-electron chi connectivity index (χ4n) is 4.31. The van der Waals surface area contributed by atoms with E-state index in [1.54, 1.807) is 0 Å². The highest BCUT2D eigenvalue weighted by Crippen LogP contribution is 2.47. The smallest absolute Gasteiger partial charge is 0.0676 e. The molecule has 1 nitrogen and oxygen atoms in total. The van der Waals surface area contributed by atoms with E-state index in [2.05, 4.69) is 27.7 Å². The van der Waals surface area contributed by atoms with Gasteiger partial charge in [0, 0.05) is 0 Å². The first-order valence-corrected chi connectivity index (χ1v) is 8.03. The SMILES string of the molecule is CC1CCCC(C2(O)CCC(C(C)(C)C)CC2)C1. The Bertz CT molecular complexity index is 268. The third-order valence-electron chi connectivity index (χ3n) is 5.77. The van der Waals surface area contributed by atoms with Crippen molar-refractivity contribution in [2.75, 3.05) is 0 Å². The Hall–Kier alpha value is -0.0400. The van der Waals surface area contributed by atoms with Crippen molar-refractivity contribution in [3.05, 3.63) is 0 Å². The second-order valence-electron chi connectivity index (χ2n) is 8.21. The molecule has 0 saturated heterocycles. The first kappa shape index (κ1) is 14.4. The van der Waals surface area contributed by atoms with Gasteiger partial charge < -0.3 is 5.11 Å². The van der Waals surface area contributed by atoms with Crippen LogP contribution in [0.15, 0.2) is 0 Å². The van der Waals surface area contributed by atoms with Crippen LogP contribution in [-0.2, 0) is 0 Å². The Morgan fingerprint density at radius 3 is 2.11 bits per heavy atom. The topological polar surface area (TPSA) is 20.2 Å². The van der Waals surface area contributed by atoms with Crippen LogP contribution < -0.4 is 0 Å². The summed E-state index contributed by atoms with van der Waals surface area (Å²) in [7, 11) is 0. The largest absolute Gasteiger partial charge is 0.390 e. The molecule has 2 rings (SSSR count). The molecule has 0 amide bonds. The van der Waals surface area contributed by atoms with Crippen molar-refractivity contribution in [1.82, 2.24) is 0 Å². The Balaban J connectivity index is 1.94. The third kappa shape index (κ3) is 3.10. The van der Waals surface area contributed by atoms with Crippen molar-refractivity contribution < 1.29 is 5.11 Å². The Labute approximate surface area is 113 Å². The van der Waals surface area contributed by atoms with Gasteiger partial charge in [0.1, 0.15) is 0 Å². The molecule has 2 fully saturated rings. The molecular formula is C17H32O. The summed E-state index contributed by atoms with van der Waals surface area (Å²) in [6.07, 6.45) is 9.78. The van der Waals surface area contributed by atoms with Gasteiger partial charge in [0.25, 0.3) is 0 Å². The molecule has 1 N–H and O–H groups in total. The summed E-state index contributed by atoms with van der Waals surface area (Å²) in [6.45, 7) is 9.41. The molecule has 0 bridgehead atoms. The van der Waals surface area contributed by atoms with Gasteiger partial charge in [-0.25, -0.2) is 0 Å². The molecule has 2 aliphatic carbocycles. The number of hydrogen-bond donors (Lipinski definition) is 1. The first-order valence-electron chi connectivity index (χ1n) is 8.03. The summed E-state index contributed by atoms with van der Waals surface area (Å²) >= 11 is 0. The Morgan fingerprint density at radius 2 is 1.61 bits per heavy atom. The summed E-state index contributed by atoms with van der Waals surface area (Å²) in [6, 6.07) is 0. The fourth-order valence-corrected chi connectivity index (χ4v) is 4.31. The van der Waals surface area contributed by atoms with Crippen LogP contribution in [0.5, 0.6) is 0 Å². The minimum absolute atomic E-state index is 0.323. The quantitative estimate of drug-likeness (QED) is 0.712. The van der Waals surface area contributed by atoms with Gasteiger partial charge in [-0.15, -0.1) is 0 Å². The predicted molar refractivity (Wildman–Crippen MR) is 77.5 cm³/mol. The van der Waals surface area contributed by atoms with Gasteiger partial charge >= 0.3 is 0 Å². The monoisotopic (exact) mass is 252 g/mol. The lowest BCUT2D eigenvalue weighted by molar-refractivity contribution is -0.0847. The van der Waals surface area contributed by atoms with E-state index < -0.39 is 0 Å². The highest BCUT2D eigenvalue weighted by atomic mass is 16.3. The van der Waals surface area contributed by atoms with Crippen molar-refractivity contribution in [3.63, 3.8) is 0 Å². The molecule has 2 atom stereocenters. The van der Waals surface area contributed by atoms with E-state index in [9.17, 15) is 5.11 Å². The summed E-state index contributed by atoms with van der Waals surface area (Å²) in [5.41, 5.74) is 0.0949. The van der Waals surface area contributed by atoms with Crippen LogP contribution in [0.4, 0.5) is 0 Å². The molecule has 0 radical (unpaired) electrons. The highest BCUT2D eigenvalue weighted by Gasteiger charge is 2.43. The molecule has 0 heterocycles. The Morgan fingerprint density at radius 1 is 1.00 bits per heavy atom. The van der Waals surface area contributed by atoms with Crippen molar-refractivity contribution >= 4 is 0 Å². The van der Waals surface area contributed by atoms with Gasteiger partial charge in [0.15, 0.2) is 0 Å². The molecule has 0 aromatic rings. The zero-order chi connectivity index (χ0) is 13.4. The van der Waals surface area contributed by atoms with E-state index in [0.717, 1.165) is 24.7 Å². The maximum absolute atomic E-state index is 11.0. The average molecular weight is 252 g/mol. The zero-order valence-corrected chi connectivity index (χ0v) is 12.8. The predicted octanol–water partition coefficient (Wildman–Crippen LogP) is 4.78. The lowest BCUT2D eigenvalue weighted by atomic mass is 9.62. The minimum atomic E-state index is -0.323. The van der Waals surface area contributed by atoms with E-state index in [1.165, 1.54) is 38.5 Å². The molecule has 2 unspecified atom stereocenters. The highest BCUT2D eigenvalue weighted by molar-refractivity contribution is 4.95. The first-order chi connectivity index (χ1) is 8.31. The molecule has 106 valence electrons. The maximum Gasteiger partial charge on any atom is 0.0676 e. The molecule has 1 heteroatoms. The van der Waals surface area contributed by atoms with Crippen molar-refractivity contribution in [1.29, 1.82) is 0 Å². The lowest BCUT2D eigenvalue weighted by Crippen LogP contribution is -2.44. The van der Waals surface area contributed by atoms with Crippen LogP contribution in [0.25, 0.3) is 0 Å². The fraction of sp³-hybridized carbons (Fsp3) is 1.00. The standard InChI is InChI=1S/C17H32O/c1-13-6-5-7-15(12-13)17(18)10-8-14(9-11-17)16(2,3)4/h13-15,18H,5-12H2,1-4H3. The van der Waals surface area contributed by atoms with Crippen molar-refractivity contribution in [2.45, 2.75) is 84.7 Å². The van der Waals surface area contributed by atoms with Crippen LogP contribution >= 0.6 is 0 Å². The van der Waals surface area contributed by atoms with Crippen LogP contribution in [0.3, 0.4) is 0 Å². The summed E-state index contributed by atoms with van der Waals surface area (Å²) in [5, 5.41) is 11.0. The molecule has 0 aliphatic heterocycles. The van der Waals surface area contributed by atoms with Gasteiger partial charge in [-0.05, 0) is 61.7 Å². The van der Waals surface area contributed by atoms with Crippen LogP contribution in [-0.4, -0.2) is 10.7 Å². The summed E-state index contributed by atoms with van der Waals surface area (Å²) < 4.78 is 0. The molecule has 2 saturated carbocycles. The summed E-state index contributed by atoms with van der Waals surface area (Å²) in [5.74, 6) is 2.22. The molecule has 18 heavy (non-hydrogen) atoms. The third-order valence-corrected chi connectivity index (χ3v) is 5.77. The van der Waals surface area contributed by atoms with E-state index in [-0.39, 0.29) is 5.60 Å². The second kappa shape index (κ2) is 5.15. The second-order valence-corrected chi connectivity index (χ2v) is 8.21. The maximum atomic E-state index is 11.0. The van der Waals surface area contributed by atoms with E-state index in [4.69, 9.17) is 0 Å². The van der Waals surface area contributed by atoms with E-state index >= 15 is 0 Å². The minimum Gasteiger partial charge on any atom is -0.390 e. The van der Waals surface area contributed by atoms with Crippen molar-refractivity contribution in [2.24, 2.45) is 23.2 Å². The van der Waals surface area contributed by atoms with Crippen LogP contribution in [0, 0.1) is 23.2 Å². The lowest BCUT2D eigenvalue weighted by Gasteiger charge is -2.47. The van der Waals surface area contributed by atoms with Crippen LogP contribution in [0.2, 0.25) is 0 Å². The van der Waals surface area contributed by atoms with E-state index in [1.807, 2.05) is 0 Å². The molecule has 0 spiro atoms. The molecule has 0 aromatic heterocycles. The van der Waals surface area contributed by atoms with Gasteiger partial charge in [0.2, 0.25) is 0 Å². The number of hydrogen-bond acceptors (Lipinski definition) is 1. The van der Waals surface area contributed by atoms with Gasteiger partial charge in [-0.3, -0.25) is 0 Å². The van der Waals surface area contributed by atoms with Crippen LogP contribution in [0.1, 0.15) is 79.1 Å². The molecular weight excluding hydrogens is 220 g/mol. The molecule has 2 aliphatic rings. The average Bonchev–Trinajstić information content (AvgIpc) is 2.28. The van der Waals surface area contributed by atoms with Gasteiger partial charge in [0.05, 0.1) is 5.60 Å². The number of rotatable bonds is 1. The van der Waals surface area contributed by atoms with E-state index in [0.29, 0.717) is 11.3 Å². The zero-order valence-electron chi connectivity index (χ0n) is 12.8.